The number of H-pyrrole nitrogens is 2. The number of hydrogen-bond acceptors (Lipinski definition) is 5. The Morgan fingerprint density at radius 3 is 2.59 bits per heavy atom. The van der Waals surface area contributed by atoms with Gasteiger partial charge >= 0.3 is 0 Å². The molecule has 0 spiro atoms. The van der Waals surface area contributed by atoms with Gasteiger partial charge in [-0.1, -0.05) is 44.0 Å². The van der Waals surface area contributed by atoms with Crippen molar-refractivity contribution >= 4 is 27.7 Å². The maximum Gasteiger partial charge on any atom is 0.125 e. The van der Waals surface area contributed by atoms with Gasteiger partial charge in [0.25, 0.3) is 0 Å². The summed E-state index contributed by atoms with van der Waals surface area (Å²) in [7, 11) is 4.03. The van der Waals surface area contributed by atoms with Crippen LogP contribution in [0.3, 0.4) is 0 Å². The number of piperidine rings is 1. The Kier molecular flexibility index (Phi) is 11.9. The molecule has 1 aliphatic rings. The van der Waals surface area contributed by atoms with Crippen LogP contribution in [0.1, 0.15) is 48.6 Å². The third-order valence-electron chi connectivity index (χ3n) is 8.99. The molecule has 1 fully saturated rings. The Morgan fingerprint density at radius 1 is 1.08 bits per heavy atom. The molecule has 0 amide bonds. The number of rotatable bonds is 15. The lowest BCUT2D eigenvalue weighted by molar-refractivity contribution is 0.368. The summed E-state index contributed by atoms with van der Waals surface area (Å²) in [6, 6.07) is 13.5. The first kappa shape index (κ1) is 35.4. The van der Waals surface area contributed by atoms with Crippen molar-refractivity contribution in [3.63, 3.8) is 0 Å². The van der Waals surface area contributed by atoms with Gasteiger partial charge in [0.15, 0.2) is 0 Å². The summed E-state index contributed by atoms with van der Waals surface area (Å²) in [6.07, 6.45) is 13.0. The number of anilines is 1. The molecule has 1 aliphatic heterocycles. The van der Waals surface area contributed by atoms with Crippen LogP contribution < -0.4 is 16.0 Å². The molecular weight excluding hydrogens is 609 g/mol. The molecule has 0 atom stereocenters. The van der Waals surface area contributed by atoms with E-state index in [2.05, 4.69) is 87.1 Å². The molecular formula is C41H50FN7. The van der Waals surface area contributed by atoms with E-state index >= 15 is 0 Å². The van der Waals surface area contributed by atoms with Crippen molar-refractivity contribution in [2.45, 2.75) is 33.1 Å². The van der Waals surface area contributed by atoms with Gasteiger partial charge in [0.05, 0.1) is 11.2 Å². The SMILES string of the molecule is C=C/C=C(/c1cc(F)cc(NCCN(C)C)c1)c1cc(-c2n[nH]c3ccc(C(/C=C(\C=C)NC(=C)CC4CCNCC4)=C/C)cc23)[nH]c1C. The van der Waals surface area contributed by atoms with E-state index in [9.17, 15) is 4.39 Å². The van der Waals surface area contributed by atoms with Crippen LogP contribution in [0.2, 0.25) is 0 Å². The highest BCUT2D eigenvalue weighted by molar-refractivity contribution is 5.96. The predicted octanol–water partition coefficient (Wildman–Crippen LogP) is 8.56. The molecule has 5 N–H and O–H groups in total. The number of hydrogen-bond donors (Lipinski definition) is 5. The first-order valence-electron chi connectivity index (χ1n) is 17.1. The summed E-state index contributed by atoms with van der Waals surface area (Å²) in [5.41, 5.74) is 10.9. The maximum atomic E-state index is 14.9. The third-order valence-corrected chi connectivity index (χ3v) is 8.99. The molecule has 49 heavy (non-hydrogen) atoms. The minimum atomic E-state index is -0.297. The van der Waals surface area contributed by atoms with Gasteiger partial charge in [-0.15, -0.1) is 0 Å². The highest BCUT2D eigenvalue weighted by Crippen LogP contribution is 2.35. The summed E-state index contributed by atoms with van der Waals surface area (Å²) in [4.78, 5) is 5.63. The van der Waals surface area contributed by atoms with Crippen LogP contribution in [-0.4, -0.2) is 60.4 Å². The van der Waals surface area contributed by atoms with E-state index in [0.717, 1.165) is 99.0 Å². The first-order chi connectivity index (χ1) is 23.7. The lowest BCUT2D eigenvalue weighted by Crippen LogP contribution is -2.28. The second-order valence-corrected chi connectivity index (χ2v) is 13.0. The molecule has 7 nitrogen and oxygen atoms in total. The summed E-state index contributed by atoms with van der Waals surface area (Å²) >= 11 is 0. The topological polar surface area (TPSA) is 83.8 Å². The second kappa shape index (κ2) is 16.5. The standard InChI is InChI=1S/C41H50FN7/c1-8-11-36(32-21-33(42)25-35(23-32)44-18-19-49(6)7)37-26-40(46-28(37)5)41-38-24-31(12-13-39(38)47-48-41)30(9-2)22-34(10-3)45-27(4)20-29-14-16-43-17-15-29/h8-13,21-26,29,43-46H,1,3-4,14-20H2,2,5-7H3,(H,47,48)/b30-9+,34-22+,36-11-. The fourth-order valence-corrected chi connectivity index (χ4v) is 6.43. The summed E-state index contributed by atoms with van der Waals surface area (Å²) in [5, 5.41) is 19.2. The molecule has 0 unspecified atom stereocenters. The Bertz CT molecular complexity index is 1900. The molecule has 2 aromatic heterocycles. The van der Waals surface area contributed by atoms with Crippen molar-refractivity contribution in [1.82, 2.24) is 30.7 Å². The van der Waals surface area contributed by atoms with Crippen LogP contribution in [0.25, 0.3) is 33.4 Å². The molecule has 5 rings (SSSR count). The lowest BCUT2D eigenvalue weighted by atomic mass is 9.93. The van der Waals surface area contributed by atoms with Gasteiger partial charge < -0.3 is 25.8 Å². The number of aromatic nitrogens is 3. The molecule has 3 heterocycles. The Hall–Kier alpha value is -4.92. The van der Waals surface area contributed by atoms with Gasteiger partial charge in [0.2, 0.25) is 0 Å². The summed E-state index contributed by atoms with van der Waals surface area (Å²) < 4.78 is 14.9. The van der Waals surface area contributed by atoms with E-state index in [-0.39, 0.29) is 5.82 Å². The monoisotopic (exact) mass is 659 g/mol. The molecule has 0 radical (unpaired) electrons. The van der Waals surface area contributed by atoms with Crippen LogP contribution in [-0.2, 0) is 0 Å². The Balaban J connectivity index is 1.42. The molecule has 0 bridgehead atoms. The Morgan fingerprint density at radius 2 is 1.88 bits per heavy atom. The van der Waals surface area contributed by atoms with E-state index < -0.39 is 0 Å². The fraction of sp³-hybridized carbons (Fsp3) is 0.293. The number of aromatic amines is 2. The minimum Gasteiger partial charge on any atom is -0.384 e. The third kappa shape index (κ3) is 8.96. The smallest absolute Gasteiger partial charge is 0.125 e. The molecule has 0 aliphatic carbocycles. The van der Waals surface area contributed by atoms with Crippen molar-refractivity contribution in [2.24, 2.45) is 5.92 Å². The van der Waals surface area contributed by atoms with Gasteiger partial charge in [0, 0.05) is 46.8 Å². The first-order valence-corrected chi connectivity index (χ1v) is 17.1. The average Bonchev–Trinajstić information content (AvgIpc) is 3.68. The molecule has 0 saturated carbocycles. The zero-order valence-electron chi connectivity index (χ0n) is 29.3. The summed E-state index contributed by atoms with van der Waals surface area (Å²) in [5.74, 6) is 0.353. The predicted molar refractivity (Wildman–Crippen MR) is 206 cm³/mol. The van der Waals surface area contributed by atoms with Crippen LogP contribution in [0.5, 0.6) is 0 Å². The number of halogens is 1. The van der Waals surface area contributed by atoms with Gasteiger partial charge in [-0.3, -0.25) is 5.10 Å². The zero-order valence-corrected chi connectivity index (χ0v) is 29.3. The molecule has 1 saturated heterocycles. The van der Waals surface area contributed by atoms with E-state index in [0.29, 0.717) is 12.5 Å². The second-order valence-electron chi connectivity index (χ2n) is 13.0. The number of benzene rings is 2. The number of allylic oxidation sites excluding steroid dienone is 7. The van der Waals surface area contributed by atoms with Gasteiger partial charge in [-0.2, -0.15) is 5.10 Å². The normalized spacial score (nSPS) is 14.8. The fourth-order valence-electron chi connectivity index (χ4n) is 6.43. The summed E-state index contributed by atoms with van der Waals surface area (Å²) in [6.45, 7) is 20.1. The molecule has 2 aromatic carbocycles. The minimum absolute atomic E-state index is 0.297. The number of fused-ring (bicyclic) bond motifs is 1. The zero-order chi connectivity index (χ0) is 34.9. The Labute approximate surface area is 290 Å². The van der Waals surface area contributed by atoms with E-state index in [1.807, 2.05) is 46.2 Å². The maximum absolute atomic E-state index is 14.9. The van der Waals surface area contributed by atoms with Crippen molar-refractivity contribution < 1.29 is 4.39 Å². The van der Waals surface area contributed by atoms with E-state index in [1.165, 1.54) is 18.9 Å². The quantitative estimate of drug-likeness (QED) is 0.0827. The van der Waals surface area contributed by atoms with Crippen LogP contribution in [0, 0.1) is 18.7 Å². The highest BCUT2D eigenvalue weighted by Gasteiger charge is 2.18. The van der Waals surface area contributed by atoms with Crippen molar-refractivity contribution in [3.8, 4) is 11.4 Å². The van der Waals surface area contributed by atoms with Gasteiger partial charge in [-0.25, -0.2) is 4.39 Å². The van der Waals surface area contributed by atoms with Crippen LogP contribution in [0.4, 0.5) is 10.1 Å². The van der Waals surface area contributed by atoms with Crippen molar-refractivity contribution in [1.29, 1.82) is 0 Å². The molecule has 4 aromatic rings. The average molecular weight is 660 g/mol. The van der Waals surface area contributed by atoms with E-state index in [4.69, 9.17) is 5.10 Å². The van der Waals surface area contributed by atoms with E-state index in [1.54, 1.807) is 12.1 Å². The van der Waals surface area contributed by atoms with Gasteiger partial charge in [-0.05, 0) is 137 Å². The van der Waals surface area contributed by atoms with Crippen LogP contribution >= 0.6 is 0 Å². The number of nitrogens with zero attached hydrogens (tertiary/aromatic N) is 2. The van der Waals surface area contributed by atoms with Crippen LogP contribution in [0.15, 0.2) is 104 Å². The number of likely N-dealkylation sites (N-methyl/N-ethyl adjacent to an activating group) is 1. The van der Waals surface area contributed by atoms with Crippen molar-refractivity contribution in [3.05, 3.63) is 132 Å². The number of aryl methyl sites for hydroxylation is 1. The van der Waals surface area contributed by atoms with Crippen molar-refractivity contribution in [2.75, 3.05) is 45.6 Å². The number of nitrogens with one attached hydrogen (secondary N) is 5. The largest absolute Gasteiger partial charge is 0.384 e. The lowest BCUT2D eigenvalue weighted by Gasteiger charge is -2.24. The molecule has 256 valence electrons. The van der Waals surface area contributed by atoms with Gasteiger partial charge in [0.1, 0.15) is 11.5 Å². The highest BCUT2D eigenvalue weighted by atomic mass is 19.1. The molecule has 8 heteroatoms.